The first-order chi connectivity index (χ1) is 14.6. The number of benzene rings is 2. The van der Waals surface area contributed by atoms with E-state index in [0.29, 0.717) is 31.3 Å². The van der Waals surface area contributed by atoms with E-state index in [1.165, 1.54) is 12.1 Å². The molecule has 30 heavy (non-hydrogen) atoms. The Hall–Kier alpha value is -3.26. The van der Waals surface area contributed by atoms with Gasteiger partial charge in [-0.1, -0.05) is 17.3 Å². The lowest BCUT2D eigenvalue weighted by atomic mass is 10.1. The lowest BCUT2D eigenvalue weighted by Crippen LogP contribution is -2.48. The number of methoxy groups -OCH3 is 1. The number of halogens is 1. The summed E-state index contributed by atoms with van der Waals surface area (Å²) in [5.41, 5.74) is 1.68. The molecule has 2 heterocycles. The third-order valence-corrected chi connectivity index (χ3v) is 5.17. The number of carbonyl (C=O) groups excluding carboxylic acids is 1. The maximum atomic E-state index is 13.0. The third kappa shape index (κ3) is 4.83. The lowest BCUT2D eigenvalue weighted by molar-refractivity contribution is -0.132. The van der Waals surface area contributed by atoms with Crippen molar-refractivity contribution >= 4 is 5.91 Å². The van der Waals surface area contributed by atoms with Gasteiger partial charge < -0.3 is 14.2 Å². The highest BCUT2D eigenvalue weighted by Crippen LogP contribution is 2.20. The van der Waals surface area contributed by atoms with E-state index in [0.717, 1.165) is 30.0 Å². The summed E-state index contributed by atoms with van der Waals surface area (Å²) in [6.45, 7) is 3.28. The third-order valence-electron chi connectivity index (χ3n) is 5.17. The molecule has 1 saturated heterocycles. The van der Waals surface area contributed by atoms with Gasteiger partial charge >= 0.3 is 0 Å². The van der Waals surface area contributed by atoms with Gasteiger partial charge in [0.05, 0.1) is 20.1 Å². The average Bonchev–Trinajstić information content (AvgIpc) is 3.24. The molecular formula is C22H23FN4O3. The fourth-order valence-electron chi connectivity index (χ4n) is 3.41. The normalized spacial score (nSPS) is 14.7. The van der Waals surface area contributed by atoms with E-state index in [9.17, 15) is 9.18 Å². The first-order valence-corrected chi connectivity index (χ1v) is 9.82. The lowest BCUT2D eigenvalue weighted by Gasteiger charge is -2.34. The number of hydrogen-bond donors (Lipinski definition) is 0. The molecule has 3 aromatic rings. The standard InChI is InChI=1S/C22H23FN4O3/c1-29-19-8-4-17(5-9-19)22-24-20(30-25-22)15-26-10-12-27(13-11-26)21(28)14-16-2-6-18(23)7-3-16/h2-9H,10-15H2,1H3. The summed E-state index contributed by atoms with van der Waals surface area (Å²) < 4.78 is 23.6. The van der Waals surface area contributed by atoms with E-state index in [1.54, 1.807) is 19.2 Å². The predicted octanol–water partition coefficient (Wildman–Crippen LogP) is 2.77. The highest BCUT2D eigenvalue weighted by Gasteiger charge is 2.22. The number of carbonyl (C=O) groups is 1. The summed E-state index contributed by atoms with van der Waals surface area (Å²) in [5, 5.41) is 4.06. The smallest absolute Gasteiger partial charge is 0.241 e. The molecule has 0 atom stereocenters. The van der Waals surface area contributed by atoms with E-state index in [4.69, 9.17) is 9.26 Å². The number of ether oxygens (including phenoxy) is 1. The summed E-state index contributed by atoms with van der Waals surface area (Å²) in [7, 11) is 1.62. The van der Waals surface area contributed by atoms with Crippen LogP contribution in [0.4, 0.5) is 4.39 Å². The van der Waals surface area contributed by atoms with Crippen LogP contribution in [-0.2, 0) is 17.8 Å². The molecule has 2 aromatic carbocycles. The molecule has 8 heteroatoms. The monoisotopic (exact) mass is 410 g/mol. The van der Waals surface area contributed by atoms with Gasteiger partial charge in [0.15, 0.2) is 0 Å². The van der Waals surface area contributed by atoms with Crippen LogP contribution in [0.2, 0.25) is 0 Å². The maximum absolute atomic E-state index is 13.0. The summed E-state index contributed by atoms with van der Waals surface area (Å²) in [6.07, 6.45) is 0.287. The van der Waals surface area contributed by atoms with Crippen LogP contribution in [0, 0.1) is 5.82 Å². The molecule has 1 fully saturated rings. The van der Waals surface area contributed by atoms with Crippen molar-refractivity contribution in [1.82, 2.24) is 19.9 Å². The minimum atomic E-state index is -0.295. The van der Waals surface area contributed by atoms with Crippen LogP contribution in [0.1, 0.15) is 11.5 Å². The van der Waals surface area contributed by atoms with Crippen LogP contribution < -0.4 is 4.74 Å². The minimum absolute atomic E-state index is 0.0563. The van der Waals surface area contributed by atoms with Crippen molar-refractivity contribution in [1.29, 1.82) is 0 Å². The Morgan fingerprint density at radius 1 is 1.07 bits per heavy atom. The SMILES string of the molecule is COc1ccc(-c2noc(CN3CCN(C(=O)Cc4ccc(F)cc4)CC3)n2)cc1. The number of rotatable bonds is 6. The Kier molecular flexibility index (Phi) is 6.04. The van der Waals surface area contributed by atoms with Crippen LogP contribution in [0.25, 0.3) is 11.4 Å². The molecule has 4 rings (SSSR count). The van der Waals surface area contributed by atoms with Gasteiger partial charge in [-0.15, -0.1) is 0 Å². The fraction of sp³-hybridized carbons (Fsp3) is 0.318. The maximum Gasteiger partial charge on any atom is 0.241 e. The molecular weight excluding hydrogens is 387 g/mol. The van der Waals surface area contributed by atoms with Crippen molar-refractivity contribution in [2.45, 2.75) is 13.0 Å². The molecule has 156 valence electrons. The molecule has 0 spiro atoms. The van der Waals surface area contributed by atoms with Crippen LogP contribution in [0.15, 0.2) is 53.1 Å². The Labute approximate surface area is 174 Å². The van der Waals surface area contributed by atoms with Gasteiger partial charge in [-0.05, 0) is 42.0 Å². The Bertz CT molecular complexity index is 980. The topological polar surface area (TPSA) is 71.7 Å². The van der Waals surface area contributed by atoms with Gasteiger partial charge in [0.1, 0.15) is 11.6 Å². The Morgan fingerprint density at radius 2 is 1.77 bits per heavy atom. The highest BCUT2D eigenvalue weighted by molar-refractivity contribution is 5.78. The van der Waals surface area contributed by atoms with E-state index in [2.05, 4.69) is 15.0 Å². The van der Waals surface area contributed by atoms with E-state index in [1.807, 2.05) is 29.2 Å². The summed E-state index contributed by atoms with van der Waals surface area (Å²) in [4.78, 5) is 21.0. The van der Waals surface area contributed by atoms with E-state index >= 15 is 0 Å². The second kappa shape index (κ2) is 9.04. The molecule has 1 aromatic heterocycles. The second-order valence-corrected chi connectivity index (χ2v) is 7.20. The zero-order chi connectivity index (χ0) is 20.9. The molecule has 0 aliphatic carbocycles. The first kappa shape index (κ1) is 20.0. The molecule has 0 N–H and O–H groups in total. The number of nitrogens with zero attached hydrogens (tertiary/aromatic N) is 4. The minimum Gasteiger partial charge on any atom is -0.497 e. The number of hydrogen-bond acceptors (Lipinski definition) is 6. The predicted molar refractivity (Wildman–Crippen MR) is 108 cm³/mol. The Balaban J connectivity index is 1.28. The molecule has 0 unspecified atom stereocenters. The average molecular weight is 410 g/mol. The largest absolute Gasteiger partial charge is 0.497 e. The van der Waals surface area contributed by atoms with Gasteiger partial charge in [-0.3, -0.25) is 9.69 Å². The molecule has 1 aliphatic rings. The Morgan fingerprint density at radius 3 is 2.43 bits per heavy atom. The summed E-state index contributed by atoms with van der Waals surface area (Å²) in [5.74, 6) is 1.62. The van der Waals surface area contributed by atoms with E-state index in [-0.39, 0.29) is 18.1 Å². The quantitative estimate of drug-likeness (QED) is 0.622. The number of aromatic nitrogens is 2. The van der Waals surface area contributed by atoms with Crippen LogP contribution >= 0.6 is 0 Å². The zero-order valence-electron chi connectivity index (χ0n) is 16.8. The van der Waals surface area contributed by atoms with Gasteiger partial charge in [0.2, 0.25) is 17.6 Å². The number of amides is 1. The molecule has 1 amide bonds. The van der Waals surface area contributed by atoms with Gasteiger partial charge in [-0.2, -0.15) is 4.98 Å². The number of piperazine rings is 1. The fourth-order valence-corrected chi connectivity index (χ4v) is 3.41. The van der Waals surface area contributed by atoms with Gasteiger partial charge in [0.25, 0.3) is 0 Å². The van der Waals surface area contributed by atoms with Crippen molar-refractivity contribution in [3.8, 4) is 17.1 Å². The van der Waals surface area contributed by atoms with E-state index < -0.39 is 0 Å². The molecule has 0 radical (unpaired) electrons. The van der Waals surface area contributed by atoms with Crippen LogP contribution in [-0.4, -0.2) is 59.1 Å². The van der Waals surface area contributed by atoms with Gasteiger partial charge in [0, 0.05) is 31.7 Å². The van der Waals surface area contributed by atoms with Crippen molar-refractivity contribution in [3.05, 3.63) is 65.8 Å². The second-order valence-electron chi connectivity index (χ2n) is 7.20. The molecule has 0 bridgehead atoms. The summed E-state index contributed by atoms with van der Waals surface area (Å²) >= 11 is 0. The van der Waals surface area contributed by atoms with Crippen LogP contribution in [0.5, 0.6) is 5.75 Å². The molecule has 0 saturated carbocycles. The van der Waals surface area contributed by atoms with Crippen molar-refractivity contribution in [2.24, 2.45) is 0 Å². The van der Waals surface area contributed by atoms with Crippen molar-refractivity contribution < 1.29 is 18.4 Å². The summed E-state index contributed by atoms with van der Waals surface area (Å²) in [6, 6.07) is 13.5. The molecule has 7 nitrogen and oxygen atoms in total. The zero-order valence-corrected chi connectivity index (χ0v) is 16.8. The highest BCUT2D eigenvalue weighted by atomic mass is 19.1. The first-order valence-electron chi connectivity index (χ1n) is 9.82. The van der Waals surface area contributed by atoms with Crippen LogP contribution in [0.3, 0.4) is 0 Å². The van der Waals surface area contributed by atoms with Crippen molar-refractivity contribution in [2.75, 3.05) is 33.3 Å². The molecule has 1 aliphatic heterocycles. The van der Waals surface area contributed by atoms with Gasteiger partial charge in [-0.25, -0.2) is 4.39 Å². The van der Waals surface area contributed by atoms with Crippen molar-refractivity contribution in [3.63, 3.8) is 0 Å².